The van der Waals surface area contributed by atoms with E-state index in [4.69, 9.17) is 4.98 Å². The molecule has 6 nitrogen and oxygen atoms in total. The van der Waals surface area contributed by atoms with Gasteiger partial charge >= 0.3 is 0 Å². The minimum Gasteiger partial charge on any atom is -0.344 e. The highest BCUT2D eigenvalue weighted by atomic mass is 32.2. The number of hydrogen-bond donors (Lipinski definition) is 0. The predicted molar refractivity (Wildman–Crippen MR) is 131 cm³/mol. The number of para-hydroxylation sites is 1. The third kappa shape index (κ3) is 4.30. The number of rotatable bonds is 6. The number of thioether (sulfide) groups is 1. The maximum Gasteiger partial charge on any atom is 0.175 e. The lowest BCUT2D eigenvalue weighted by molar-refractivity contribution is 0.102. The minimum absolute atomic E-state index is 0.0563. The number of benzene rings is 1. The van der Waals surface area contributed by atoms with Crippen LogP contribution in [-0.4, -0.2) is 45.6 Å². The smallest absolute Gasteiger partial charge is 0.175 e. The summed E-state index contributed by atoms with van der Waals surface area (Å²) in [4.78, 5) is 18.2. The van der Waals surface area contributed by atoms with E-state index in [0.29, 0.717) is 17.7 Å². The van der Waals surface area contributed by atoms with Crippen molar-refractivity contribution in [2.45, 2.75) is 57.1 Å². The molecule has 0 unspecified atom stereocenters. The molecule has 1 aliphatic carbocycles. The molecule has 1 saturated heterocycles. The monoisotopic (exact) mass is 483 g/mol. The number of hydrogen-bond acceptors (Lipinski definition) is 5. The fraction of sp³-hybridized carbons (Fsp3) is 0.440. The molecule has 0 bridgehead atoms. The molecule has 1 aliphatic heterocycles. The number of carbonyl (C=O) groups is 1. The van der Waals surface area contributed by atoms with Crippen LogP contribution in [0.25, 0.3) is 5.69 Å². The van der Waals surface area contributed by atoms with Crippen LogP contribution in [0.4, 0.5) is 0 Å². The second-order valence-electron chi connectivity index (χ2n) is 9.09. The molecular formula is C25H29N3O3S2. The SMILES string of the molecule is Cc1cc(C(=O)CSc2nc3c(n2-c2ccccc2)CCCC3)c(C)n1[C@H]1CCS(=O)(=O)C1. The second-order valence-corrected chi connectivity index (χ2v) is 12.3. The van der Waals surface area contributed by atoms with Crippen LogP contribution >= 0.6 is 11.8 Å². The van der Waals surface area contributed by atoms with Crippen molar-refractivity contribution in [3.05, 3.63) is 64.7 Å². The van der Waals surface area contributed by atoms with Crippen LogP contribution in [0.3, 0.4) is 0 Å². The predicted octanol–water partition coefficient (Wildman–Crippen LogP) is 4.50. The number of Topliss-reactive ketones (excluding diaryl/α,β-unsaturated/α-hetero) is 1. The molecule has 0 spiro atoms. The Morgan fingerprint density at radius 2 is 1.91 bits per heavy atom. The number of aromatic nitrogens is 3. The largest absolute Gasteiger partial charge is 0.344 e. The normalized spacial score (nSPS) is 19.5. The van der Waals surface area contributed by atoms with E-state index in [0.717, 1.165) is 53.6 Å². The highest BCUT2D eigenvalue weighted by Gasteiger charge is 2.32. The van der Waals surface area contributed by atoms with E-state index in [1.807, 2.05) is 42.7 Å². The van der Waals surface area contributed by atoms with Crippen LogP contribution in [0.5, 0.6) is 0 Å². The van der Waals surface area contributed by atoms with Gasteiger partial charge in [0.1, 0.15) is 0 Å². The van der Waals surface area contributed by atoms with Crippen molar-refractivity contribution in [3.8, 4) is 5.69 Å². The van der Waals surface area contributed by atoms with Crippen LogP contribution in [-0.2, 0) is 22.7 Å². The number of carbonyl (C=O) groups excluding carboxylic acids is 1. The first-order valence-electron chi connectivity index (χ1n) is 11.5. The Kier molecular flexibility index (Phi) is 5.99. The number of aryl methyl sites for hydroxylation is 2. The van der Waals surface area contributed by atoms with Crippen molar-refractivity contribution in [1.82, 2.24) is 14.1 Å². The van der Waals surface area contributed by atoms with Crippen LogP contribution < -0.4 is 0 Å². The Morgan fingerprint density at radius 1 is 1.15 bits per heavy atom. The van der Waals surface area contributed by atoms with Gasteiger partial charge in [-0.1, -0.05) is 30.0 Å². The number of nitrogens with zero attached hydrogens (tertiary/aromatic N) is 3. The van der Waals surface area contributed by atoms with Gasteiger partial charge in [0.2, 0.25) is 0 Å². The Labute approximate surface area is 199 Å². The van der Waals surface area contributed by atoms with Gasteiger partial charge in [0.25, 0.3) is 0 Å². The number of imidazole rings is 1. The molecule has 2 aromatic heterocycles. The average molecular weight is 484 g/mol. The maximum atomic E-state index is 13.2. The molecule has 3 heterocycles. The molecule has 1 aromatic carbocycles. The summed E-state index contributed by atoms with van der Waals surface area (Å²) in [5.74, 6) is 0.739. The molecule has 8 heteroatoms. The standard InChI is InChI=1S/C25H29N3O3S2/c1-17-14-21(18(2)27(17)20-12-13-33(30,31)16-20)24(29)15-32-25-26-22-10-6-7-11-23(22)28(25)19-8-4-3-5-9-19/h3-5,8-9,14,20H,6-7,10-13,15-16H2,1-2H3/t20-/m0/s1. The lowest BCUT2D eigenvalue weighted by Crippen LogP contribution is -2.14. The first-order valence-corrected chi connectivity index (χ1v) is 14.4. The summed E-state index contributed by atoms with van der Waals surface area (Å²) in [6.45, 7) is 3.89. The minimum atomic E-state index is -2.99. The van der Waals surface area contributed by atoms with Crippen molar-refractivity contribution in [2.75, 3.05) is 17.3 Å². The van der Waals surface area contributed by atoms with E-state index in [1.165, 1.54) is 17.5 Å². The fourth-order valence-electron chi connectivity index (χ4n) is 5.26. The second kappa shape index (κ2) is 8.80. The molecule has 33 heavy (non-hydrogen) atoms. The van der Waals surface area contributed by atoms with Crippen LogP contribution in [0, 0.1) is 13.8 Å². The van der Waals surface area contributed by atoms with Crippen molar-refractivity contribution < 1.29 is 13.2 Å². The summed E-state index contributed by atoms with van der Waals surface area (Å²) in [6.07, 6.45) is 4.93. The number of ketones is 1. The van der Waals surface area contributed by atoms with Gasteiger partial charge in [-0.3, -0.25) is 9.36 Å². The molecule has 1 fully saturated rings. The van der Waals surface area contributed by atoms with Gasteiger partial charge in [-0.25, -0.2) is 13.4 Å². The van der Waals surface area contributed by atoms with Gasteiger partial charge in [0.15, 0.2) is 20.8 Å². The summed E-state index contributed by atoms with van der Waals surface area (Å²) in [7, 11) is -2.99. The topological polar surface area (TPSA) is 74.0 Å². The van der Waals surface area contributed by atoms with E-state index < -0.39 is 9.84 Å². The zero-order chi connectivity index (χ0) is 23.2. The Bertz CT molecular complexity index is 1310. The molecule has 0 N–H and O–H groups in total. The van der Waals surface area contributed by atoms with Gasteiger partial charge in [0, 0.05) is 34.4 Å². The summed E-state index contributed by atoms with van der Waals surface area (Å²) < 4.78 is 28.2. The third-order valence-corrected chi connectivity index (χ3v) is 9.50. The molecular weight excluding hydrogens is 454 g/mol. The quantitative estimate of drug-likeness (QED) is 0.381. The van der Waals surface area contributed by atoms with E-state index in [2.05, 4.69) is 16.7 Å². The highest BCUT2D eigenvalue weighted by molar-refractivity contribution is 7.99. The summed E-state index contributed by atoms with van der Waals surface area (Å²) in [6, 6.07) is 12.1. The Morgan fingerprint density at radius 3 is 2.64 bits per heavy atom. The fourth-order valence-corrected chi connectivity index (χ4v) is 7.90. The van der Waals surface area contributed by atoms with E-state index in [9.17, 15) is 13.2 Å². The number of fused-ring (bicyclic) bond motifs is 1. The Hall–Kier alpha value is -2.32. The van der Waals surface area contributed by atoms with Crippen LogP contribution in [0.15, 0.2) is 41.6 Å². The van der Waals surface area contributed by atoms with E-state index >= 15 is 0 Å². The van der Waals surface area contributed by atoms with Crippen molar-refractivity contribution in [1.29, 1.82) is 0 Å². The average Bonchev–Trinajstić information content (AvgIpc) is 3.44. The zero-order valence-electron chi connectivity index (χ0n) is 19.1. The first-order chi connectivity index (χ1) is 15.8. The highest BCUT2D eigenvalue weighted by Crippen LogP contribution is 2.33. The first kappa shape index (κ1) is 22.5. The van der Waals surface area contributed by atoms with Crippen molar-refractivity contribution >= 4 is 27.4 Å². The lowest BCUT2D eigenvalue weighted by atomic mass is 10.0. The van der Waals surface area contributed by atoms with Gasteiger partial charge in [0.05, 0.1) is 23.0 Å². The lowest BCUT2D eigenvalue weighted by Gasteiger charge is -2.16. The molecule has 2 aliphatic rings. The van der Waals surface area contributed by atoms with Gasteiger partial charge in [-0.2, -0.15) is 0 Å². The maximum absolute atomic E-state index is 13.2. The molecule has 0 amide bonds. The molecule has 174 valence electrons. The van der Waals surface area contributed by atoms with E-state index in [-0.39, 0.29) is 23.3 Å². The zero-order valence-corrected chi connectivity index (χ0v) is 20.7. The van der Waals surface area contributed by atoms with Gasteiger partial charge < -0.3 is 4.57 Å². The molecule has 0 saturated carbocycles. The summed E-state index contributed by atoms with van der Waals surface area (Å²) in [5.41, 5.74) is 6.01. The molecule has 0 radical (unpaired) electrons. The van der Waals surface area contributed by atoms with Crippen molar-refractivity contribution in [2.24, 2.45) is 0 Å². The third-order valence-electron chi connectivity index (χ3n) is 6.81. The van der Waals surface area contributed by atoms with Crippen LogP contribution in [0.2, 0.25) is 0 Å². The Balaban J connectivity index is 1.39. The van der Waals surface area contributed by atoms with Gasteiger partial charge in [-0.05, 0) is 64.2 Å². The molecule has 3 aromatic rings. The molecule has 1 atom stereocenters. The summed E-state index contributed by atoms with van der Waals surface area (Å²) in [5, 5.41) is 0.872. The van der Waals surface area contributed by atoms with Crippen LogP contribution in [0.1, 0.15) is 58.4 Å². The summed E-state index contributed by atoms with van der Waals surface area (Å²) >= 11 is 1.49. The molecule has 5 rings (SSSR count). The van der Waals surface area contributed by atoms with E-state index in [1.54, 1.807) is 0 Å². The van der Waals surface area contributed by atoms with Gasteiger partial charge in [-0.15, -0.1) is 0 Å². The van der Waals surface area contributed by atoms with Crippen molar-refractivity contribution in [3.63, 3.8) is 0 Å². The number of sulfone groups is 1.